The summed E-state index contributed by atoms with van der Waals surface area (Å²) in [6, 6.07) is 9.13. The van der Waals surface area contributed by atoms with Crippen molar-refractivity contribution < 1.29 is 4.42 Å². The zero-order chi connectivity index (χ0) is 13.2. The number of nitrogens with two attached hydrogens (primary N) is 2. The first-order valence-electron chi connectivity index (χ1n) is 5.58. The first kappa shape index (κ1) is 11.8. The van der Waals surface area contributed by atoms with E-state index in [9.17, 15) is 0 Å². The van der Waals surface area contributed by atoms with Gasteiger partial charge >= 0.3 is 0 Å². The minimum absolute atomic E-state index is 0.354. The SMILES string of the molecule is Nc1cc(N)nc(SCc2nc3ccccc3o2)n1. The van der Waals surface area contributed by atoms with Crippen LogP contribution in [0.15, 0.2) is 39.9 Å². The normalized spacial score (nSPS) is 10.9. The van der Waals surface area contributed by atoms with Crippen LogP contribution in [-0.2, 0) is 5.75 Å². The van der Waals surface area contributed by atoms with Crippen LogP contribution in [-0.4, -0.2) is 15.0 Å². The third-order valence-electron chi connectivity index (χ3n) is 2.41. The molecule has 0 aliphatic carbocycles. The van der Waals surface area contributed by atoms with E-state index in [-0.39, 0.29) is 0 Å². The predicted molar refractivity (Wildman–Crippen MR) is 74.4 cm³/mol. The third kappa shape index (κ3) is 2.60. The molecule has 3 rings (SSSR count). The lowest BCUT2D eigenvalue weighted by Crippen LogP contribution is -1.99. The van der Waals surface area contributed by atoms with Gasteiger partial charge in [-0.25, -0.2) is 15.0 Å². The van der Waals surface area contributed by atoms with Crippen LogP contribution >= 0.6 is 11.8 Å². The van der Waals surface area contributed by atoms with Gasteiger partial charge in [0.1, 0.15) is 17.2 Å². The summed E-state index contributed by atoms with van der Waals surface area (Å²) in [6.07, 6.45) is 0. The molecule has 19 heavy (non-hydrogen) atoms. The number of para-hydroxylation sites is 2. The van der Waals surface area contributed by atoms with Crippen LogP contribution in [0.1, 0.15) is 5.89 Å². The second-order valence-corrected chi connectivity index (χ2v) is 4.81. The molecule has 0 unspecified atom stereocenters. The summed E-state index contributed by atoms with van der Waals surface area (Å²) in [4.78, 5) is 12.5. The van der Waals surface area contributed by atoms with Crippen LogP contribution < -0.4 is 11.5 Å². The van der Waals surface area contributed by atoms with Crippen LogP contribution in [0, 0.1) is 0 Å². The number of hydrogen-bond donors (Lipinski definition) is 2. The van der Waals surface area contributed by atoms with E-state index in [1.54, 1.807) is 0 Å². The first-order chi connectivity index (χ1) is 9.20. The molecule has 0 spiro atoms. The highest BCUT2D eigenvalue weighted by Gasteiger charge is 2.07. The average Bonchev–Trinajstić information content (AvgIpc) is 2.78. The highest BCUT2D eigenvalue weighted by Crippen LogP contribution is 2.23. The van der Waals surface area contributed by atoms with E-state index in [1.807, 2.05) is 24.3 Å². The van der Waals surface area contributed by atoms with Crippen LogP contribution in [0.3, 0.4) is 0 Å². The van der Waals surface area contributed by atoms with Crippen molar-refractivity contribution in [1.29, 1.82) is 0 Å². The van der Waals surface area contributed by atoms with Gasteiger partial charge in [0, 0.05) is 6.07 Å². The molecule has 0 fully saturated rings. The van der Waals surface area contributed by atoms with Crippen molar-refractivity contribution in [3.8, 4) is 0 Å². The Hall–Kier alpha value is -2.28. The maximum atomic E-state index is 5.61. The molecule has 0 amide bonds. The van der Waals surface area contributed by atoms with E-state index in [0.29, 0.717) is 28.4 Å². The molecule has 7 heteroatoms. The van der Waals surface area contributed by atoms with Crippen molar-refractivity contribution in [1.82, 2.24) is 15.0 Å². The molecule has 0 aliphatic heterocycles. The van der Waals surface area contributed by atoms with Crippen LogP contribution in [0.2, 0.25) is 0 Å². The maximum absolute atomic E-state index is 5.61. The minimum atomic E-state index is 0.354. The predicted octanol–water partition coefficient (Wildman–Crippen LogP) is 2.07. The summed E-state index contributed by atoms with van der Waals surface area (Å²) in [5.74, 6) is 1.85. The molecule has 0 bridgehead atoms. The summed E-state index contributed by atoms with van der Waals surface area (Å²) < 4.78 is 5.60. The highest BCUT2D eigenvalue weighted by atomic mass is 32.2. The molecule has 0 radical (unpaired) electrons. The molecule has 3 aromatic rings. The standard InChI is InChI=1S/C12H11N5OS/c13-9-5-10(14)17-12(16-9)19-6-11-15-7-3-1-2-4-8(7)18-11/h1-5H,6H2,(H4,13,14,16,17). The van der Waals surface area contributed by atoms with Gasteiger partial charge in [-0.15, -0.1) is 0 Å². The topological polar surface area (TPSA) is 104 Å². The van der Waals surface area contributed by atoms with Crippen LogP contribution in [0.25, 0.3) is 11.1 Å². The summed E-state index contributed by atoms with van der Waals surface area (Å²) in [5.41, 5.74) is 12.8. The molecule has 4 N–H and O–H groups in total. The third-order valence-corrected chi connectivity index (χ3v) is 3.24. The lowest BCUT2D eigenvalue weighted by molar-refractivity contribution is 0.556. The van der Waals surface area contributed by atoms with Crippen LogP contribution in [0.4, 0.5) is 11.6 Å². The molecule has 1 aromatic carbocycles. The number of anilines is 2. The number of fused-ring (bicyclic) bond motifs is 1. The number of hydrogen-bond acceptors (Lipinski definition) is 7. The van der Waals surface area contributed by atoms with E-state index < -0.39 is 0 Å². The molecule has 96 valence electrons. The van der Waals surface area contributed by atoms with Crippen molar-refractivity contribution in [3.63, 3.8) is 0 Å². The van der Waals surface area contributed by atoms with E-state index >= 15 is 0 Å². The lowest BCUT2D eigenvalue weighted by Gasteiger charge is -2.00. The van der Waals surface area contributed by atoms with Gasteiger partial charge < -0.3 is 15.9 Å². The zero-order valence-corrected chi connectivity index (χ0v) is 10.7. The number of nitrogen functional groups attached to an aromatic ring is 2. The van der Waals surface area contributed by atoms with Crippen LogP contribution in [0.5, 0.6) is 0 Å². The lowest BCUT2D eigenvalue weighted by atomic mass is 10.3. The minimum Gasteiger partial charge on any atom is -0.440 e. The summed E-state index contributed by atoms with van der Waals surface area (Å²) in [6.45, 7) is 0. The molecule has 0 saturated carbocycles. The quantitative estimate of drug-likeness (QED) is 0.556. The van der Waals surface area contributed by atoms with Gasteiger partial charge in [0.05, 0.1) is 5.75 Å². The fourth-order valence-corrected chi connectivity index (χ4v) is 2.35. The summed E-state index contributed by atoms with van der Waals surface area (Å²) >= 11 is 1.38. The fourth-order valence-electron chi connectivity index (χ4n) is 1.63. The zero-order valence-electron chi connectivity index (χ0n) is 9.91. The molecule has 0 aliphatic rings. The van der Waals surface area contributed by atoms with E-state index in [4.69, 9.17) is 15.9 Å². The Morgan fingerprint density at radius 3 is 2.53 bits per heavy atom. The monoisotopic (exact) mass is 273 g/mol. The van der Waals surface area contributed by atoms with E-state index in [2.05, 4.69) is 15.0 Å². The highest BCUT2D eigenvalue weighted by molar-refractivity contribution is 7.98. The van der Waals surface area contributed by atoms with Crippen molar-refractivity contribution in [3.05, 3.63) is 36.2 Å². The molecule has 2 heterocycles. The van der Waals surface area contributed by atoms with Crippen molar-refractivity contribution in [2.24, 2.45) is 0 Å². The molecule has 6 nitrogen and oxygen atoms in total. The average molecular weight is 273 g/mol. The van der Waals surface area contributed by atoms with Crippen molar-refractivity contribution in [2.75, 3.05) is 11.5 Å². The van der Waals surface area contributed by atoms with E-state index in [1.165, 1.54) is 17.8 Å². The van der Waals surface area contributed by atoms with Gasteiger partial charge in [-0.3, -0.25) is 0 Å². The number of benzene rings is 1. The van der Waals surface area contributed by atoms with Gasteiger partial charge in [0.15, 0.2) is 10.7 Å². The smallest absolute Gasteiger partial charge is 0.205 e. The van der Waals surface area contributed by atoms with Gasteiger partial charge in [-0.1, -0.05) is 23.9 Å². The molecule has 0 atom stereocenters. The summed E-state index contributed by atoms with van der Waals surface area (Å²) in [5, 5.41) is 0.514. The number of aromatic nitrogens is 3. The maximum Gasteiger partial charge on any atom is 0.205 e. The number of thioether (sulfide) groups is 1. The Balaban J connectivity index is 1.78. The Morgan fingerprint density at radius 2 is 1.79 bits per heavy atom. The van der Waals surface area contributed by atoms with E-state index in [0.717, 1.165) is 11.1 Å². The molecular weight excluding hydrogens is 262 g/mol. The number of rotatable bonds is 3. The Bertz CT molecular complexity index is 674. The molecular formula is C12H11N5OS. The molecule has 0 saturated heterocycles. The Kier molecular flexibility index (Phi) is 2.96. The van der Waals surface area contributed by atoms with Gasteiger partial charge in [0.2, 0.25) is 5.89 Å². The number of nitrogens with zero attached hydrogens (tertiary/aromatic N) is 3. The fraction of sp³-hybridized carbons (Fsp3) is 0.0833. The Labute approximate surface area is 113 Å². The second kappa shape index (κ2) is 4.77. The second-order valence-electron chi connectivity index (χ2n) is 3.86. The number of oxazole rings is 1. The van der Waals surface area contributed by atoms with Gasteiger partial charge in [-0.05, 0) is 12.1 Å². The summed E-state index contributed by atoms with van der Waals surface area (Å²) in [7, 11) is 0. The molecule has 2 aromatic heterocycles. The van der Waals surface area contributed by atoms with Crippen molar-refractivity contribution in [2.45, 2.75) is 10.9 Å². The largest absolute Gasteiger partial charge is 0.440 e. The van der Waals surface area contributed by atoms with Crippen molar-refractivity contribution >= 4 is 34.5 Å². The Morgan fingerprint density at radius 1 is 1.05 bits per heavy atom. The first-order valence-corrected chi connectivity index (χ1v) is 6.56. The van der Waals surface area contributed by atoms with Gasteiger partial charge in [-0.2, -0.15) is 0 Å². The van der Waals surface area contributed by atoms with Gasteiger partial charge in [0.25, 0.3) is 0 Å².